The number of benzene rings is 1. The summed E-state index contributed by atoms with van der Waals surface area (Å²) in [4.78, 5) is 25.1. The highest BCUT2D eigenvalue weighted by molar-refractivity contribution is 6.18. The summed E-state index contributed by atoms with van der Waals surface area (Å²) in [5.74, 6) is 0.268. The van der Waals surface area contributed by atoms with Crippen LogP contribution in [0.3, 0.4) is 0 Å². The molecule has 3 nitrogen and oxygen atoms in total. The Kier molecular flexibility index (Phi) is 4.02. The van der Waals surface area contributed by atoms with Gasteiger partial charge in [-0.25, -0.2) is 0 Å². The largest absolute Gasteiger partial charge is 0.334 e. The number of Topliss-reactive ketones (excluding diaryl/α,β-unsaturated/α-hetero) is 1. The average Bonchev–Trinajstić information content (AvgIpc) is 2.74. The highest BCUT2D eigenvalue weighted by atomic mass is 35.5. The summed E-state index contributed by atoms with van der Waals surface area (Å²) in [5.41, 5.74) is 1.02. The van der Waals surface area contributed by atoms with Crippen molar-refractivity contribution in [2.45, 2.75) is 19.4 Å². The van der Waals surface area contributed by atoms with Gasteiger partial charge in [0, 0.05) is 24.8 Å². The topological polar surface area (TPSA) is 37.4 Å². The molecule has 4 heteroatoms. The van der Waals surface area contributed by atoms with Crippen LogP contribution < -0.4 is 0 Å². The first-order valence-electron chi connectivity index (χ1n) is 6.04. The summed E-state index contributed by atoms with van der Waals surface area (Å²) in [7, 11) is 0. The van der Waals surface area contributed by atoms with Gasteiger partial charge in [-0.2, -0.15) is 0 Å². The molecule has 0 N–H and O–H groups in total. The Morgan fingerprint density at radius 3 is 2.61 bits per heavy atom. The Bertz CT molecular complexity index is 446. The van der Waals surface area contributed by atoms with Crippen molar-refractivity contribution in [3.8, 4) is 0 Å². The molecule has 0 spiro atoms. The Morgan fingerprint density at radius 2 is 2.11 bits per heavy atom. The number of amides is 1. The molecule has 0 aliphatic carbocycles. The number of alkyl halides is 1. The fourth-order valence-corrected chi connectivity index (χ4v) is 2.68. The highest BCUT2D eigenvalue weighted by Crippen LogP contribution is 2.29. The number of hydrogen-bond acceptors (Lipinski definition) is 2. The molecule has 1 amide bonds. The number of ketones is 1. The van der Waals surface area contributed by atoms with Crippen molar-refractivity contribution in [3.05, 3.63) is 35.9 Å². The number of carbonyl (C=O) groups excluding carboxylic acids is 2. The zero-order chi connectivity index (χ0) is 13.1. The van der Waals surface area contributed by atoms with Crippen LogP contribution in [-0.2, 0) is 9.59 Å². The van der Waals surface area contributed by atoms with E-state index in [4.69, 9.17) is 11.6 Å². The highest BCUT2D eigenvalue weighted by Gasteiger charge is 2.36. The first kappa shape index (κ1) is 13.1. The van der Waals surface area contributed by atoms with Gasteiger partial charge in [-0.1, -0.05) is 30.3 Å². The van der Waals surface area contributed by atoms with Gasteiger partial charge in [-0.05, 0) is 12.5 Å². The summed E-state index contributed by atoms with van der Waals surface area (Å²) < 4.78 is 0. The molecule has 2 rings (SSSR count). The van der Waals surface area contributed by atoms with Crippen molar-refractivity contribution in [3.63, 3.8) is 0 Å². The molecule has 0 bridgehead atoms. The van der Waals surface area contributed by atoms with E-state index in [2.05, 4.69) is 0 Å². The number of likely N-dealkylation sites (tertiary alicyclic amines) is 1. The Hall–Kier alpha value is -1.35. The number of halogens is 1. The second kappa shape index (κ2) is 5.53. The van der Waals surface area contributed by atoms with E-state index in [1.54, 1.807) is 11.8 Å². The van der Waals surface area contributed by atoms with Crippen LogP contribution in [0.5, 0.6) is 0 Å². The van der Waals surface area contributed by atoms with Gasteiger partial charge in [0.05, 0.1) is 6.04 Å². The molecule has 1 aromatic rings. The predicted molar refractivity (Wildman–Crippen MR) is 70.4 cm³/mol. The van der Waals surface area contributed by atoms with Crippen LogP contribution in [-0.4, -0.2) is 29.0 Å². The van der Waals surface area contributed by atoms with E-state index in [1.165, 1.54) is 0 Å². The van der Waals surface area contributed by atoms with E-state index in [9.17, 15) is 9.59 Å². The van der Waals surface area contributed by atoms with Crippen molar-refractivity contribution >= 4 is 23.3 Å². The average molecular weight is 266 g/mol. The third-order valence-corrected chi connectivity index (χ3v) is 3.73. The van der Waals surface area contributed by atoms with Crippen LogP contribution in [0.1, 0.15) is 24.9 Å². The minimum atomic E-state index is -0.174. The molecule has 0 unspecified atom stereocenters. The molecule has 0 radical (unpaired) electrons. The quantitative estimate of drug-likeness (QED) is 0.784. The Balaban J connectivity index is 2.19. The number of hydrogen-bond donors (Lipinski definition) is 0. The maximum absolute atomic E-state index is 12.0. The zero-order valence-electron chi connectivity index (χ0n) is 10.3. The minimum Gasteiger partial charge on any atom is -0.334 e. The molecule has 96 valence electrons. The lowest BCUT2D eigenvalue weighted by atomic mass is 10.0. The van der Waals surface area contributed by atoms with Crippen LogP contribution in [0.25, 0.3) is 0 Å². The first-order chi connectivity index (χ1) is 8.63. The van der Waals surface area contributed by atoms with E-state index in [0.29, 0.717) is 18.8 Å². The lowest BCUT2D eigenvalue weighted by Crippen LogP contribution is -2.31. The van der Waals surface area contributed by atoms with Crippen molar-refractivity contribution in [1.82, 2.24) is 4.90 Å². The molecule has 1 aliphatic rings. The van der Waals surface area contributed by atoms with E-state index < -0.39 is 0 Å². The second-order valence-electron chi connectivity index (χ2n) is 4.64. The molecule has 1 fully saturated rings. The van der Waals surface area contributed by atoms with Gasteiger partial charge in [0.25, 0.3) is 0 Å². The number of carbonyl (C=O) groups is 2. The molecule has 18 heavy (non-hydrogen) atoms. The monoisotopic (exact) mass is 265 g/mol. The third kappa shape index (κ3) is 2.56. The van der Waals surface area contributed by atoms with Crippen LogP contribution in [0.2, 0.25) is 0 Å². The molecular weight excluding hydrogens is 250 g/mol. The SMILES string of the molecule is CC(=O)[C@H]1CC(=O)N([C@@H](CCl)c2ccccc2)C1. The van der Waals surface area contributed by atoms with Gasteiger partial charge < -0.3 is 4.90 Å². The van der Waals surface area contributed by atoms with Crippen molar-refractivity contribution in [2.75, 3.05) is 12.4 Å². The maximum atomic E-state index is 12.0. The third-order valence-electron chi connectivity index (χ3n) is 3.44. The van der Waals surface area contributed by atoms with Crippen molar-refractivity contribution < 1.29 is 9.59 Å². The molecule has 1 aliphatic heterocycles. The standard InChI is InChI=1S/C14H16ClNO2/c1-10(17)12-7-14(18)16(9-12)13(8-15)11-5-3-2-4-6-11/h2-6,12-13H,7-9H2,1H3/t12-,13-/m0/s1. The van der Waals surface area contributed by atoms with Crippen LogP contribution in [0.15, 0.2) is 30.3 Å². The van der Waals surface area contributed by atoms with Crippen molar-refractivity contribution in [1.29, 1.82) is 0 Å². The first-order valence-corrected chi connectivity index (χ1v) is 6.57. The van der Waals surface area contributed by atoms with Gasteiger partial charge in [0.15, 0.2) is 0 Å². The van der Waals surface area contributed by atoms with Crippen LogP contribution in [0.4, 0.5) is 0 Å². The Morgan fingerprint density at radius 1 is 1.44 bits per heavy atom. The lowest BCUT2D eigenvalue weighted by molar-refractivity contribution is -0.129. The number of rotatable bonds is 4. The summed E-state index contributed by atoms with van der Waals surface area (Å²) in [6.45, 7) is 2.03. The van der Waals surface area contributed by atoms with E-state index in [-0.39, 0.29) is 23.7 Å². The van der Waals surface area contributed by atoms with Gasteiger partial charge in [-0.15, -0.1) is 11.6 Å². The van der Waals surface area contributed by atoms with Gasteiger partial charge in [0.2, 0.25) is 5.91 Å². The summed E-state index contributed by atoms with van der Waals surface area (Å²) in [5, 5.41) is 0. The maximum Gasteiger partial charge on any atom is 0.223 e. The fraction of sp³-hybridized carbons (Fsp3) is 0.429. The van der Waals surface area contributed by atoms with Gasteiger partial charge in [0.1, 0.15) is 5.78 Å². The normalized spacial score (nSPS) is 21.1. The fourth-order valence-electron chi connectivity index (χ4n) is 2.33. The summed E-state index contributed by atoms with van der Waals surface area (Å²) in [6, 6.07) is 9.57. The predicted octanol–water partition coefficient (Wildman–Crippen LogP) is 2.40. The second-order valence-corrected chi connectivity index (χ2v) is 4.95. The molecule has 0 saturated carbocycles. The van der Waals surface area contributed by atoms with Gasteiger partial charge in [-0.3, -0.25) is 9.59 Å². The smallest absolute Gasteiger partial charge is 0.223 e. The zero-order valence-corrected chi connectivity index (χ0v) is 11.1. The summed E-state index contributed by atoms with van der Waals surface area (Å²) in [6.07, 6.45) is 0.315. The van der Waals surface area contributed by atoms with Crippen LogP contribution in [0, 0.1) is 5.92 Å². The molecule has 1 saturated heterocycles. The van der Waals surface area contributed by atoms with Gasteiger partial charge >= 0.3 is 0 Å². The molecule has 2 atom stereocenters. The molecule has 1 aromatic carbocycles. The van der Waals surface area contributed by atoms with Crippen LogP contribution >= 0.6 is 11.6 Å². The Labute approximate surface area is 112 Å². The van der Waals surface area contributed by atoms with Crippen molar-refractivity contribution in [2.24, 2.45) is 5.92 Å². The lowest BCUT2D eigenvalue weighted by Gasteiger charge is -2.26. The van der Waals surface area contributed by atoms with E-state index >= 15 is 0 Å². The molecule has 0 aromatic heterocycles. The molecule has 1 heterocycles. The minimum absolute atomic E-state index is 0.0182. The number of nitrogens with zero attached hydrogens (tertiary/aromatic N) is 1. The van der Waals surface area contributed by atoms with E-state index in [1.807, 2.05) is 30.3 Å². The molecular formula is C14H16ClNO2. The van der Waals surface area contributed by atoms with E-state index in [0.717, 1.165) is 5.56 Å². The summed E-state index contributed by atoms with van der Waals surface area (Å²) >= 11 is 6.00.